The van der Waals surface area contributed by atoms with Crippen LogP contribution in [0.15, 0.2) is 48.5 Å². The molecule has 0 aliphatic rings. The maximum absolute atomic E-state index is 12.5. The number of hydrogen-bond donors (Lipinski definition) is 2. The van der Waals surface area contributed by atoms with E-state index in [9.17, 15) is 9.59 Å². The first kappa shape index (κ1) is 19.3. The first-order valence-corrected chi connectivity index (χ1v) is 8.54. The predicted molar refractivity (Wildman–Crippen MR) is 101 cm³/mol. The van der Waals surface area contributed by atoms with Gasteiger partial charge < -0.3 is 20.1 Å². The van der Waals surface area contributed by atoms with Crippen LogP contribution in [0.1, 0.15) is 30.6 Å². The van der Waals surface area contributed by atoms with E-state index >= 15 is 0 Å². The molecule has 138 valence electrons. The highest BCUT2D eigenvalue weighted by Gasteiger charge is 2.19. The fraction of sp³-hybridized carbons (Fsp3) is 0.300. The molecule has 6 heteroatoms. The lowest BCUT2D eigenvalue weighted by atomic mass is 10.1. The van der Waals surface area contributed by atoms with Crippen molar-refractivity contribution in [2.45, 2.75) is 26.4 Å². The summed E-state index contributed by atoms with van der Waals surface area (Å²) in [6, 6.07) is 14.0. The fourth-order valence-electron chi connectivity index (χ4n) is 2.32. The summed E-state index contributed by atoms with van der Waals surface area (Å²) in [4.78, 5) is 24.7. The Hall–Kier alpha value is -3.02. The molecule has 0 aromatic heterocycles. The van der Waals surface area contributed by atoms with Gasteiger partial charge in [0, 0.05) is 6.54 Å². The summed E-state index contributed by atoms with van der Waals surface area (Å²) in [5.74, 6) is 0.450. The normalized spacial score (nSPS) is 11.3. The van der Waals surface area contributed by atoms with E-state index in [-0.39, 0.29) is 11.8 Å². The van der Waals surface area contributed by atoms with E-state index in [0.29, 0.717) is 29.3 Å². The molecular weight excluding hydrogens is 332 g/mol. The van der Waals surface area contributed by atoms with E-state index < -0.39 is 6.10 Å². The second-order valence-corrected chi connectivity index (χ2v) is 5.70. The monoisotopic (exact) mass is 356 g/mol. The lowest BCUT2D eigenvalue weighted by Gasteiger charge is -2.17. The van der Waals surface area contributed by atoms with Crippen molar-refractivity contribution in [1.29, 1.82) is 0 Å². The summed E-state index contributed by atoms with van der Waals surface area (Å²) in [5, 5.41) is 5.57. The van der Waals surface area contributed by atoms with Crippen molar-refractivity contribution in [2.75, 3.05) is 19.0 Å². The molecule has 1 atom stereocenters. The molecule has 0 spiro atoms. The van der Waals surface area contributed by atoms with E-state index in [0.717, 1.165) is 6.42 Å². The Kier molecular flexibility index (Phi) is 7.02. The zero-order valence-electron chi connectivity index (χ0n) is 15.2. The maximum Gasteiger partial charge on any atom is 0.265 e. The number of benzene rings is 2. The fourth-order valence-corrected chi connectivity index (χ4v) is 2.32. The molecule has 2 aromatic carbocycles. The molecule has 2 N–H and O–H groups in total. The van der Waals surface area contributed by atoms with Gasteiger partial charge in [0.1, 0.15) is 0 Å². The first-order chi connectivity index (χ1) is 12.6. The number of amides is 2. The third kappa shape index (κ3) is 4.99. The molecular formula is C20H24N2O4. The molecule has 0 bridgehead atoms. The smallest absolute Gasteiger partial charge is 0.265 e. The number of nitrogens with one attached hydrogen (secondary N) is 2. The van der Waals surface area contributed by atoms with Gasteiger partial charge in [0.15, 0.2) is 17.6 Å². The van der Waals surface area contributed by atoms with E-state index in [1.165, 1.54) is 7.11 Å². The number of para-hydroxylation sites is 3. The Balaban J connectivity index is 2.08. The summed E-state index contributed by atoms with van der Waals surface area (Å²) >= 11 is 0. The number of ether oxygens (including phenoxy) is 2. The molecule has 0 aliphatic heterocycles. The summed E-state index contributed by atoms with van der Waals surface area (Å²) in [7, 11) is 1.54. The van der Waals surface area contributed by atoms with Crippen LogP contribution in [0, 0.1) is 0 Å². The zero-order chi connectivity index (χ0) is 18.9. The molecule has 0 saturated heterocycles. The van der Waals surface area contributed by atoms with Crippen molar-refractivity contribution < 1.29 is 19.1 Å². The van der Waals surface area contributed by atoms with Gasteiger partial charge in [-0.25, -0.2) is 0 Å². The summed E-state index contributed by atoms with van der Waals surface area (Å²) < 4.78 is 10.9. The van der Waals surface area contributed by atoms with Gasteiger partial charge >= 0.3 is 0 Å². The third-order valence-corrected chi connectivity index (χ3v) is 3.71. The highest BCUT2D eigenvalue weighted by molar-refractivity contribution is 6.04. The number of methoxy groups -OCH3 is 1. The molecule has 26 heavy (non-hydrogen) atoms. The Morgan fingerprint density at radius 3 is 2.38 bits per heavy atom. The van der Waals surface area contributed by atoms with Crippen LogP contribution in [-0.4, -0.2) is 31.6 Å². The SMILES string of the molecule is CCCNC(=O)c1ccccc1NC(=O)C(C)Oc1ccccc1OC. The highest BCUT2D eigenvalue weighted by atomic mass is 16.5. The van der Waals surface area contributed by atoms with Gasteiger partial charge in [0.2, 0.25) is 0 Å². The number of carbonyl (C=O) groups excluding carboxylic acids is 2. The van der Waals surface area contributed by atoms with Crippen LogP contribution in [0.25, 0.3) is 0 Å². The van der Waals surface area contributed by atoms with Crippen LogP contribution in [0.5, 0.6) is 11.5 Å². The molecule has 0 saturated carbocycles. The molecule has 0 heterocycles. The maximum atomic E-state index is 12.5. The topological polar surface area (TPSA) is 76.7 Å². The number of carbonyl (C=O) groups is 2. The van der Waals surface area contributed by atoms with Crippen molar-refractivity contribution in [1.82, 2.24) is 5.32 Å². The summed E-state index contributed by atoms with van der Waals surface area (Å²) in [5.41, 5.74) is 0.861. The molecule has 0 aliphatic carbocycles. The van der Waals surface area contributed by atoms with Crippen molar-refractivity contribution >= 4 is 17.5 Å². The van der Waals surface area contributed by atoms with Gasteiger partial charge in [-0.1, -0.05) is 31.2 Å². The average molecular weight is 356 g/mol. The van der Waals surface area contributed by atoms with Gasteiger partial charge in [-0.3, -0.25) is 9.59 Å². The molecule has 0 radical (unpaired) electrons. The van der Waals surface area contributed by atoms with Crippen LogP contribution in [0.3, 0.4) is 0 Å². The minimum Gasteiger partial charge on any atom is -0.493 e. The molecule has 2 amide bonds. The Morgan fingerprint density at radius 2 is 1.69 bits per heavy atom. The Morgan fingerprint density at radius 1 is 1.04 bits per heavy atom. The molecule has 1 unspecified atom stereocenters. The number of rotatable bonds is 8. The molecule has 6 nitrogen and oxygen atoms in total. The minimum absolute atomic E-state index is 0.221. The van der Waals surface area contributed by atoms with Gasteiger partial charge in [0.25, 0.3) is 11.8 Å². The first-order valence-electron chi connectivity index (χ1n) is 8.54. The average Bonchev–Trinajstić information content (AvgIpc) is 2.66. The lowest BCUT2D eigenvalue weighted by molar-refractivity contribution is -0.122. The summed E-state index contributed by atoms with van der Waals surface area (Å²) in [6.07, 6.45) is 0.0717. The largest absolute Gasteiger partial charge is 0.493 e. The Labute approximate surface area is 153 Å². The second-order valence-electron chi connectivity index (χ2n) is 5.70. The second kappa shape index (κ2) is 9.46. The van der Waals surface area contributed by atoms with Gasteiger partial charge in [-0.2, -0.15) is 0 Å². The van der Waals surface area contributed by atoms with Gasteiger partial charge in [-0.15, -0.1) is 0 Å². The lowest BCUT2D eigenvalue weighted by Crippen LogP contribution is -2.32. The highest BCUT2D eigenvalue weighted by Crippen LogP contribution is 2.27. The minimum atomic E-state index is -0.766. The number of hydrogen-bond acceptors (Lipinski definition) is 4. The third-order valence-electron chi connectivity index (χ3n) is 3.71. The van der Waals surface area contributed by atoms with Crippen LogP contribution in [0.2, 0.25) is 0 Å². The predicted octanol–water partition coefficient (Wildman–Crippen LogP) is 3.24. The van der Waals surface area contributed by atoms with Crippen LogP contribution < -0.4 is 20.1 Å². The Bertz CT molecular complexity index is 761. The van der Waals surface area contributed by atoms with Crippen LogP contribution in [0.4, 0.5) is 5.69 Å². The van der Waals surface area contributed by atoms with E-state index in [1.807, 2.05) is 13.0 Å². The van der Waals surface area contributed by atoms with Gasteiger partial charge in [-0.05, 0) is 37.6 Å². The molecule has 0 fully saturated rings. The van der Waals surface area contributed by atoms with E-state index in [1.54, 1.807) is 49.4 Å². The van der Waals surface area contributed by atoms with Gasteiger partial charge in [0.05, 0.1) is 18.4 Å². The van der Waals surface area contributed by atoms with E-state index in [4.69, 9.17) is 9.47 Å². The van der Waals surface area contributed by atoms with E-state index in [2.05, 4.69) is 10.6 Å². The van der Waals surface area contributed by atoms with Crippen LogP contribution in [-0.2, 0) is 4.79 Å². The molecule has 2 rings (SSSR count). The quantitative estimate of drug-likeness (QED) is 0.761. The van der Waals surface area contributed by atoms with Crippen molar-refractivity contribution in [2.24, 2.45) is 0 Å². The molecule has 2 aromatic rings. The van der Waals surface area contributed by atoms with Crippen LogP contribution >= 0.6 is 0 Å². The van der Waals surface area contributed by atoms with Crippen molar-refractivity contribution in [3.8, 4) is 11.5 Å². The van der Waals surface area contributed by atoms with Crippen molar-refractivity contribution in [3.63, 3.8) is 0 Å². The standard InChI is InChI=1S/C20H24N2O4/c1-4-13-21-20(24)15-9-5-6-10-16(15)22-19(23)14(2)26-18-12-8-7-11-17(18)25-3/h5-12,14H,4,13H2,1-3H3,(H,21,24)(H,22,23). The number of anilines is 1. The zero-order valence-corrected chi connectivity index (χ0v) is 15.2. The summed E-state index contributed by atoms with van der Waals surface area (Å²) in [6.45, 7) is 4.20. The van der Waals surface area contributed by atoms with Crippen molar-refractivity contribution in [3.05, 3.63) is 54.1 Å².